The fourth-order valence-corrected chi connectivity index (χ4v) is 1.92. The second-order valence-electron chi connectivity index (χ2n) is 2.87. The molecule has 4 nitrogen and oxygen atoms in total. The third-order valence-corrected chi connectivity index (χ3v) is 2.83. The molecular formula is C9H12N4S. The summed E-state index contributed by atoms with van der Waals surface area (Å²) < 4.78 is 2.08. The van der Waals surface area contributed by atoms with Crippen molar-refractivity contribution in [2.24, 2.45) is 0 Å². The number of rotatable bonds is 4. The first kappa shape index (κ1) is 9.21. The molecule has 2 aromatic heterocycles. The van der Waals surface area contributed by atoms with Crippen LogP contribution < -0.4 is 5.32 Å². The first-order chi connectivity index (χ1) is 6.90. The summed E-state index contributed by atoms with van der Waals surface area (Å²) in [6.45, 7) is 0.920. The molecule has 0 bridgehead atoms. The van der Waals surface area contributed by atoms with Gasteiger partial charge in [-0.2, -0.15) is 0 Å². The van der Waals surface area contributed by atoms with Crippen LogP contribution in [0.15, 0.2) is 24.0 Å². The van der Waals surface area contributed by atoms with Gasteiger partial charge >= 0.3 is 0 Å². The third kappa shape index (κ3) is 1.93. The van der Waals surface area contributed by atoms with E-state index in [1.54, 1.807) is 17.5 Å². The van der Waals surface area contributed by atoms with Gasteiger partial charge in [0.1, 0.15) is 0 Å². The average Bonchev–Trinajstić information content (AvgIpc) is 2.85. The summed E-state index contributed by atoms with van der Waals surface area (Å²) in [4.78, 5) is 8.41. The van der Waals surface area contributed by atoms with Crippen LogP contribution in [0.5, 0.6) is 0 Å². The van der Waals surface area contributed by atoms with E-state index in [2.05, 4.69) is 19.9 Å². The van der Waals surface area contributed by atoms with E-state index in [1.165, 1.54) is 5.01 Å². The molecule has 0 saturated carbocycles. The van der Waals surface area contributed by atoms with E-state index in [0.717, 1.165) is 18.9 Å². The highest BCUT2D eigenvalue weighted by atomic mass is 32.1. The van der Waals surface area contributed by atoms with Crippen LogP contribution in [-0.2, 0) is 13.0 Å². The monoisotopic (exact) mass is 208 g/mol. The summed E-state index contributed by atoms with van der Waals surface area (Å²) in [5.41, 5.74) is 0. The fraction of sp³-hybridized carbons (Fsp3) is 0.333. The number of aryl methyl sites for hydroxylation is 2. The van der Waals surface area contributed by atoms with Crippen LogP contribution in [0.1, 0.15) is 5.01 Å². The third-order valence-electron chi connectivity index (χ3n) is 1.99. The van der Waals surface area contributed by atoms with Crippen molar-refractivity contribution in [1.29, 1.82) is 0 Å². The average molecular weight is 208 g/mol. The molecule has 0 fully saturated rings. The molecule has 14 heavy (non-hydrogen) atoms. The first-order valence-electron chi connectivity index (χ1n) is 4.47. The number of thiazole rings is 1. The molecule has 0 spiro atoms. The molecule has 0 radical (unpaired) electrons. The van der Waals surface area contributed by atoms with Gasteiger partial charge in [-0.05, 0) is 0 Å². The number of imidazole rings is 1. The Morgan fingerprint density at radius 3 is 3.07 bits per heavy atom. The van der Waals surface area contributed by atoms with E-state index >= 15 is 0 Å². The Labute approximate surface area is 86.6 Å². The smallest absolute Gasteiger partial charge is 0.202 e. The second kappa shape index (κ2) is 4.23. The Morgan fingerprint density at radius 1 is 1.43 bits per heavy atom. The van der Waals surface area contributed by atoms with Gasteiger partial charge in [0.2, 0.25) is 5.95 Å². The van der Waals surface area contributed by atoms with E-state index < -0.39 is 0 Å². The minimum absolute atomic E-state index is 0.904. The summed E-state index contributed by atoms with van der Waals surface area (Å²) in [6.07, 6.45) is 6.57. The van der Waals surface area contributed by atoms with Gasteiger partial charge in [0.15, 0.2) is 0 Å². The van der Waals surface area contributed by atoms with Gasteiger partial charge in [-0.25, -0.2) is 9.97 Å². The molecule has 0 unspecified atom stereocenters. The largest absolute Gasteiger partial charge is 0.359 e. The quantitative estimate of drug-likeness (QED) is 0.830. The van der Waals surface area contributed by atoms with Crippen molar-refractivity contribution < 1.29 is 0 Å². The first-order valence-corrected chi connectivity index (χ1v) is 5.35. The van der Waals surface area contributed by atoms with Crippen molar-refractivity contribution in [2.75, 3.05) is 12.4 Å². The van der Waals surface area contributed by atoms with E-state index in [-0.39, 0.29) is 0 Å². The number of hydrogen-bond donors (Lipinski definition) is 1. The Morgan fingerprint density at radius 2 is 2.36 bits per heavy atom. The molecule has 0 aliphatic rings. The molecule has 0 aliphatic carbocycles. The highest BCUT2D eigenvalue weighted by molar-refractivity contribution is 7.09. The summed E-state index contributed by atoms with van der Waals surface area (Å²) in [6, 6.07) is 0. The predicted molar refractivity (Wildman–Crippen MR) is 57.6 cm³/mol. The molecule has 1 N–H and O–H groups in total. The standard InChI is InChI=1S/C9H12N4S/c1-10-9-12-3-6-13(9)5-2-8-11-4-7-14-8/h3-4,6-7H,2,5H2,1H3,(H,10,12). The van der Waals surface area contributed by atoms with E-state index in [1.807, 2.05) is 24.8 Å². The van der Waals surface area contributed by atoms with Crippen LogP contribution in [0.2, 0.25) is 0 Å². The zero-order valence-corrected chi connectivity index (χ0v) is 8.79. The Bertz CT molecular complexity index is 379. The summed E-state index contributed by atoms with van der Waals surface area (Å²) in [5.74, 6) is 0.904. The lowest BCUT2D eigenvalue weighted by Crippen LogP contribution is -2.04. The molecule has 74 valence electrons. The minimum atomic E-state index is 0.904. The Hall–Kier alpha value is -1.36. The Kier molecular flexibility index (Phi) is 2.78. The van der Waals surface area contributed by atoms with Gasteiger partial charge < -0.3 is 9.88 Å². The number of aromatic nitrogens is 3. The molecular weight excluding hydrogens is 196 g/mol. The molecule has 0 atom stereocenters. The van der Waals surface area contributed by atoms with Gasteiger partial charge in [0.25, 0.3) is 0 Å². The maximum Gasteiger partial charge on any atom is 0.202 e. The van der Waals surface area contributed by atoms with Crippen molar-refractivity contribution in [3.63, 3.8) is 0 Å². The van der Waals surface area contributed by atoms with Gasteiger partial charge in [0, 0.05) is 44.0 Å². The lowest BCUT2D eigenvalue weighted by atomic mass is 10.4. The lowest BCUT2D eigenvalue weighted by molar-refractivity contribution is 0.700. The predicted octanol–water partition coefficient (Wildman–Crippen LogP) is 1.62. The highest BCUT2D eigenvalue weighted by Gasteiger charge is 2.01. The van der Waals surface area contributed by atoms with Gasteiger partial charge in [-0.1, -0.05) is 0 Å². The van der Waals surface area contributed by atoms with E-state index in [4.69, 9.17) is 0 Å². The zero-order valence-electron chi connectivity index (χ0n) is 7.97. The fourth-order valence-electron chi connectivity index (χ4n) is 1.31. The number of hydrogen-bond acceptors (Lipinski definition) is 4. The second-order valence-corrected chi connectivity index (χ2v) is 3.85. The van der Waals surface area contributed by atoms with Crippen molar-refractivity contribution in [2.45, 2.75) is 13.0 Å². The topological polar surface area (TPSA) is 42.7 Å². The summed E-state index contributed by atoms with van der Waals surface area (Å²) in [7, 11) is 1.88. The van der Waals surface area contributed by atoms with Gasteiger partial charge in [-0.15, -0.1) is 11.3 Å². The van der Waals surface area contributed by atoms with Crippen LogP contribution in [0.3, 0.4) is 0 Å². The minimum Gasteiger partial charge on any atom is -0.359 e. The molecule has 2 heterocycles. The molecule has 0 amide bonds. The molecule has 2 aromatic rings. The lowest BCUT2D eigenvalue weighted by Gasteiger charge is -2.04. The molecule has 0 aliphatic heterocycles. The van der Waals surface area contributed by atoms with Crippen LogP contribution >= 0.6 is 11.3 Å². The van der Waals surface area contributed by atoms with Crippen molar-refractivity contribution in [1.82, 2.24) is 14.5 Å². The molecule has 0 aromatic carbocycles. The van der Waals surface area contributed by atoms with Crippen LogP contribution in [0.25, 0.3) is 0 Å². The number of nitrogens with one attached hydrogen (secondary N) is 1. The van der Waals surface area contributed by atoms with Crippen molar-refractivity contribution >= 4 is 17.3 Å². The zero-order chi connectivity index (χ0) is 9.80. The van der Waals surface area contributed by atoms with Crippen molar-refractivity contribution in [3.8, 4) is 0 Å². The maximum absolute atomic E-state index is 4.24. The number of anilines is 1. The summed E-state index contributed by atoms with van der Waals surface area (Å²) >= 11 is 1.69. The number of nitrogens with zero attached hydrogens (tertiary/aromatic N) is 3. The molecule has 0 saturated heterocycles. The maximum atomic E-state index is 4.24. The van der Waals surface area contributed by atoms with Crippen LogP contribution in [0.4, 0.5) is 5.95 Å². The Balaban J connectivity index is 1.98. The van der Waals surface area contributed by atoms with Gasteiger partial charge in [-0.3, -0.25) is 0 Å². The SMILES string of the molecule is CNc1nccn1CCc1nccs1. The van der Waals surface area contributed by atoms with E-state index in [9.17, 15) is 0 Å². The van der Waals surface area contributed by atoms with Crippen molar-refractivity contribution in [3.05, 3.63) is 29.0 Å². The highest BCUT2D eigenvalue weighted by Crippen LogP contribution is 2.08. The summed E-state index contributed by atoms with van der Waals surface area (Å²) in [5, 5.41) is 6.21. The van der Waals surface area contributed by atoms with E-state index in [0.29, 0.717) is 0 Å². The normalized spacial score (nSPS) is 10.4. The molecule has 5 heteroatoms. The van der Waals surface area contributed by atoms with Crippen LogP contribution in [-0.4, -0.2) is 21.6 Å². The van der Waals surface area contributed by atoms with Gasteiger partial charge in [0.05, 0.1) is 5.01 Å². The molecule has 2 rings (SSSR count). The van der Waals surface area contributed by atoms with Crippen LogP contribution in [0, 0.1) is 0 Å².